The lowest BCUT2D eigenvalue weighted by Crippen LogP contribution is -2.33. The molecule has 1 unspecified atom stereocenters. The minimum absolute atomic E-state index is 0.0143. The molecule has 1 aromatic carbocycles. The van der Waals surface area contributed by atoms with E-state index in [1.165, 1.54) is 0 Å². The van der Waals surface area contributed by atoms with Crippen molar-refractivity contribution in [3.63, 3.8) is 0 Å². The van der Waals surface area contributed by atoms with Gasteiger partial charge in [0, 0.05) is 30.2 Å². The molecule has 27 heavy (non-hydrogen) atoms. The van der Waals surface area contributed by atoms with Gasteiger partial charge in [0.05, 0.1) is 21.7 Å². The predicted molar refractivity (Wildman–Crippen MR) is 111 cm³/mol. The maximum atomic E-state index is 12.7. The number of benzene rings is 1. The number of imidazole rings is 1. The summed E-state index contributed by atoms with van der Waals surface area (Å²) in [5.41, 5.74) is 3.11. The lowest BCUT2D eigenvalue weighted by molar-refractivity contribution is -0.123. The minimum Gasteiger partial charge on any atom is -0.354 e. The van der Waals surface area contributed by atoms with Crippen LogP contribution in [0.25, 0.3) is 11.0 Å². The zero-order valence-corrected chi connectivity index (χ0v) is 17.6. The van der Waals surface area contributed by atoms with E-state index in [1.807, 2.05) is 35.8 Å². The average Bonchev–Trinajstić information content (AvgIpc) is 3.25. The van der Waals surface area contributed by atoms with Crippen molar-refractivity contribution >= 4 is 28.3 Å². The van der Waals surface area contributed by atoms with E-state index in [1.54, 1.807) is 11.3 Å². The van der Waals surface area contributed by atoms with Gasteiger partial charge in [0.15, 0.2) is 0 Å². The lowest BCUT2D eigenvalue weighted by Gasteiger charge is -2.17. The van der Waals surface area contributed by atoms with Gasteiger partial charge in [-0.15, -0.1) is 11.3 Å². The summed E-state index contributed by atoms with van der Waals surface area (Å²) in [5.74, 6) is 0.953. The zero-order chi connectivity index (χ0) is 19.6. The molecule has 1 N–H and O–H groups in total. The van der Waals surface area contributed by atoms with E-state index in [-0.39, 0.29) is 17.4 Å². The lowest BCUT2D eigenvalue weighted by atomic mass is 9.93. The number of rotatable bonds is 6. The van der Waals surface area contributed by atoms with Crippen molar-refractivity contribution in [1.29, 1.82) is 0 Å². The smallest absolute Gasteiger partial charge is 0.242 e. The van der Waals surface area contributed by atoms with Crippen LogP contribution in [0.2, 0.25) is 0 Å². The first-order chi connectivity index (χ1) is 12.8. The fraction of sp³-hybridized carbons (Fsp3) is 0.476. The molecule has 0 bridgehead atoms. The third kappa shape index (κ3) is 4.21. The average molecular weight is 385 g/mol. The molecule has 2 aromatic heterocycles. The van der Waals surface area contributed by atoms with E-state index in [0.29, 0.717) is 6.54 Å². The summed E-state index contributed by atoms with van der Waals surface area (Å²) in [6, 6.07) is 7.68. The summed E-state index contributed by atoms with van der Waals surface area (Å²) >= 11 is 1.66. The fourth-order valence-corrected chi connectivity index (χ4v) is 4.13. The van der Waals surface area contributed by atoms with E-state index >= 15 is 0 Å². The van der Waals surface area contributed by atoms with Crippen LogP contribution in [0.5, 0.6) is 0 Å². The highest BCUT2D eigenvalue weighted by Crippen LogP contribution is 2.24. The highest BCUT2D eigenvalue weighted by Gasteiger charge is 2.21. The van der Waals surface area contributed by atoms with Crippen molar-refractivity contribution in [1.82, 2.24) is 19.9 Å². The molecule has 0 aliphatic heterocycles. The third-order valence-corrected chi connectivity index (χ3v) is 5.62. The van der Waals surface area contributed by atoms with Crippen LogP contribution in [0.1, 0.15) is 57.2 Å². The molecule has 1 atom stereocenters. The molecule has 0 saturated heterocycles. The second-order valence-corrected chi connectivity index (χ2v) is 8.78. The van der Waals surface area contributed by atoms with Crippen molar-refractivity contribution in [2.75, 3.05) is 6.54 Å². The number of thiazole rings is 1. The number of carbonyl (C=O) groups excluding carboxylic acids is 1. The Labute approximate surface area is 164 Å². The molecule has 0 saturated carbocycles. The number of para-hydroxylation sites is 2. The van der Waals surface area contributed by atoms with E-state index in [0.717, 1.165) is 40.4 Å². The Hall–Kier alpha value is -2.21. The molecule has 0 aliphatic rings. The molecule has 3 rings (SSSR count). The van der Waals surface area contributed by atoms with Crippen LogP contribution >= 0.6 is 11.3 Å². The van der Waals surface area contributed by atoms with Gasteiger partial charge in [0.25, 0.3) is 0 Å². The van der Waals surface area contributed by atoms with Crippen molar-refractivity contribution in [3.8, 4) is 0 Å². The summed E-state index contributed by atoms with van der Waals surface area (Å²) in [5, 5.41) is 6.24. The Morgan fingerprint density at radius 3 is 2.67 bits per heavy atom. The van der Waals surface area contributed by atoms with E-state index in [4.69, 9.17) is 4.98 Å². The van der Waals surface area contributed by atoms with Gasteiger partial charge < -0.3 is 9.88 Å². The summed E-state index contributed by atoms with van der Waals surface area (Å²) in [6.45, 7) is 11.1. The molecule has 2 heterocycles. The van der Waals surface area contributed by atoms with Gasteiger partial charge in [-0.1, -0.05) is 39.8 Å². The molecule has 5 nitrogen and oxygen atoms in total. The number of amides is 1. The monoisotopic (exact) mass is 384 g/mol. The zero-order valence-electron chi connectivity index (χ0n) is 16.7. The normalized spacial score (nSPS) is 13.1. The first-order valence-corrected chi connectivity index (χ1v) is 10.4. The molecule has 0 spiro atoms. The SMILES string of the molecule is CCc1nc2ccccc2n1C(C)C(=O)NCCc1nc(C(C)(C)C)cs1. The number of hydrogen-bond donors (Lipinski definition) is 1. The fourth-order valence-electron chi connectivity index (χ4n) is 3.10. The number of hydrogen-bond acceptors (Lipinski definition) is 4. The van der Waals surface area contributed by atoms with Crippen LogP contribution in [0, 0.1) is 0 Å². The maximum Gasteiger partial charge on any atom is 0.242 e. The second-order valence-electron chi connectivity index (χ2n) is 7.83. The number of aromatic nitrogens is 3. The van der Waals surface area contributed by atoms with E-state index in [9.17, 15) is 4.79 Å². The number of nitrogens with zero attached hydrogens (tertiary/aromatic N) is 3. The van der Waals surface area contributed by atoms with Crippen molar-refractivity contribution in [2.24, 2.45) is 0 Å². The summed E-state index contributed by atoms with van der Waals surface area (Å²) in [6.07, 6.45) is 1.55. The van der Waals surface area contributed by atoms with Crippen molar-refractivity contribution in [3.05, 3.63) is 46.2 Å². The largest absolute Gasteiger partial charge is 0.354 e. The molecular weight excluding hydrogens is 356 g/mol. The molecule has 0 radical (unpaired) electrons. The van der Waals surface area contributed by atoms with Gasteiger partial charge in [-0.2, -0.15) is 0 Å². The molecular formula is C21H28N4OS. The van der Waals surface area contributed by atoms with Gasteiger partial charge >= 0.3 is 0 Å². The van der Waals surface area contributed by atoms with Gasteiger partial charge in [0.1, 0.15) is 11.9 Å². The standard InChI is InChI=1S/C21H28N4OS/c1-6-18-23-15-9-7-8-10-16(15)25(18)14(2)20(26)22-12-11-19-24-17(13-27-19)21(3,4)5/h7-10,13-14H,6,11-12H2,1-5H3,(H,22,26). The Balaban J connectivity index is 1.66. The Morgan fingerprint density at radius 2 is 2.00 bits per heavy atom. The maximum absolute atomic E-state index is 12.7. The van der Waals surface area contributed by atoms with Gasteiger partial charge in [-0.3, -0.25) is 4.79 Å². The Morgan fingerprint density at radius 1 is 1.26 bits per heavy atom. The first-order valence-electron chi connectivity index (χ1n) is 9.49. The molecule has 3 aromatic rings. The summed E-state index contributed by atoms with van der Waals surface area (Å²) in [4.78, 5) is 22.1. The molecule has 0 fully saturated rings. The second kappa shape index (κ2) is 7.80. The number of aryl methyl sites for hydroxylation is 1. The molecule has 144 valence electrons. The highest BCUT2D eigenvalue weighted by molar-refractivity contribution is 7.09. The summed E-state index contributed by atoms with van der Waals surface area (Å²) < 4.78 is 2.05. The molecule has 1 amide bonds. The minimum atomic E-state index is -0.297. The van der Waals surface area contributed by atoms with Crippen LogP contribution in [-0.2, 0) is 23.1 Å². The quantitative estimate of drug-likeness (QED) is 0.690. The molecule has 6 heteroatoms. The van der Waals surface area contributed by atoms with E-state index < -0.39 is 0 Å². The summed E-state index contributed by atoms with van der Waals surface area (Å²) in [7, 11) is 0. The third-order valence-electron chi connectivity index (χ3n) is 4.71. The Kier molecular flexibility index (Phi) is 5.65. The number of nitrogens with one attached hydrogen (secondary N) is 1. The van der Waals surface area contributed by atoms with Gasteiger partial charge in [-0.05, 0) is 19.1 Å². The van der Waals surface area contributed by atoms with Crippen LogP contribution in [0.3, 0.4) is 0 Å². The highest BCUT2D eigenvalue weighted by atomic mass is 32.1. The number of fused-ring (bicyclic) bond motifs is 1. The van der Waals surface area contributed by atoms with Crippen LogP contribution < -0.4 is 5.32 Å². The van der Waals surface area contributed by atoms with Crippen LogP contribution in [0.4, 0.5) is 0 Å². The predicted octanol–water partition coefficient (Wildman–Crippen LogP) is 4.27. The van der Waals surface area contributed by atoms with Crippen LogP contribution in [-0.4, -0.2) is 27.0 Å². The topological polar surface area (TPSA) is 59.8 Å². The Bertz CT molecular complexity index is 935. The molecule has 0 aliphatic carbocycles. The van der Waals surface area contributed by atoms with Crippen molar-refractivity contribution < 1.29 is 4.79 Å². The number of carbonyl (C=O) groups is 1. The van der Waals surface area contributed by atoms with Gasteiger partial charge in [-0.25, -0.2) is 9.97 Å². The van der Waals surface area contributed by atoms with Gasteiger partial charge in [0.2, 0.25) is 5.91 Å². The van der Waals surface area contributed by atoms with Crippen LogP contribution in [0.15, 0.2) is 29.6 Å². The van der Waals surface area contributed by atoms with Crippen molar-refractivity contribution in [2.45, 2.75) is 58.9 Å². The van der Waals surface area contributed by atoms with E-state index in [2.05, 4.69) is 43.4 Å². The first kappa shape index (κ1) is 19.5.